The Kier molecular flexibility index (Phi) is 4.73. The average molecular weight is 381 g/mol. The normalized spacial score (nSPS) is 11.1. The average Bonchev–Trinajstić information content (AvgIpc) is 3.03. The molecule has 0 aliphatic heterocycles. The summed E-state index contributed by atoms with van der Waals surface area (Å²) in [6, 6.07) is 19.1. The van der Waals surface area contributed by atoms with Crippen molar-refractivity contribution in [2.75, 3.05) is 6.61 Å². The summed E-state index contributed by atoms with van der Waals surface area (Å²) >= 11 is 6.06. The number of furan rings is 1. The maximum atomic E-state index is 11.5. The van der Waals surface area contributed by atoms with Crippen molar-refractivity contribution in [1.29, 1.82) is 0 Å². The largest absolute Gasteiger partial charge is 0.493 e. The third-order valence-electron chi connectivity index (χ3n) is 4.53. The molecular formula is C22H17ClO4. The Morgan fingerprint density at radius 2 is 1.85 bits per heavy atom. The second-order valence-electron chi connectivity index (χ2n) is 6.28. The van der Waals surface area contributed by atoms with Gasteiger partial charge >= 0.3 is 5.97 Å². The lowest BCUT2D eigenvalue weighted by Crippen LogP contribution is -2.03. The molecule has 0 fully saturated rings. The molecule has 0 radical (unpaired) electrons. The van der Waals surface area contributed by atoms with Crippen molar-refractivity contribution >= 4 is 39.3 Å². The van der Waals surface area contributed by atoms with Crippen LogP contribution in [0.1, 0.15) is 22.5 Å². The number of carboxylic acid groups (broad SMARTS) is 1. The van der Waals surface area contributed by atoms with Crippen LogP contribution in [0.15, 0.2) is 65.1 Å². The third kappa shape index (κ3) is 3.49. The predicted octanol–water partition coefficient (Wildman–Crippen LogP) is 5.95. The number of ether oxygens (including phenoxy) is 1. The van der Waals surface area contributed by atoms with Gasteiger partial charge in [0.15, 0.2) is 0 Å². The summed E-state index contributed by atoms with van der Waals surface area (Å²) in [5, 5.41) is 12.9. The lowest BCUT2D eigenvalue weighted by Gasteiger charge is -2.09. The summed E-state index contributed by atoms with van der Waals surface area (Å²) in [6.45, 7) is 0.473. The van der Waals surface area contributed by atoms with Gasteiger partial charge in [-0.15, -0.1) is 0 Å². The van der Waals surface area contributed by atoms with E-state index in [2.05, 4.69) is 0 Å². The first-order valence-electron chi connectivity index (χ1n) is 8.68. The first kappa shape index (κ1) is 17.4. The van der Waals surface area contributed by atoms with Gasteiger partial charge in [0.1, 0.15) is 11.3 Å². The topological polar surface area (TPSA) is 59.7 Å². The van der Waals surface area contributed by atoms with E-state index in [1.54, 1.807) is 18.2 Å². The summed E-state index contributed by atoms with van der Waals surface area (Å²) in [5.41, 5.74) is 1.18. The quantitative estimate of drug-likeness (QED) is 0.420. The van der Waals surface area contributed by atoms with Crippen LogP contribution in [0.5, 0.6) is 5.75 Å². The highest BCUT2D eigenvalue weighted by Gasteiger charge is 2.19. The number of hydrogen-bond donors (Lipinski definition) is 1. The highest BCUT2D eigenvalue weighted by Crippen LogP contribution is 2.30. The van der Waals surface area contributed by atoms with Gasteiger partial charge in [-0.3, -0.25) is 0 Å². The SMILES string of the molecule is O=C(O)c1oc2ccc(Cl)cc2c1CCCOc1cccc2ccccc12. The Balaban J connectivity index is 1.51. The summed E-state index contributed by atoms with van der Waals surface area (Å²) in [6.07, 6.45) is 1.18. The Morgan fingerprint density at radius 3 is 2.70 bits per heavy atom. The number of benzene rings is 3. The van der Waals surface area contributed by atoms with Crippen LogP contribution in [0.3, 0.4) is 0 Å². The van der Waals surface area contributed by atoms with Crippen LogP contribution in [0.4, 0.5) is 0 Å². The van der Waals surface area contributed by atoms with E-state index in [4.69, 9.17) is 20.8 Å². The number of carbonyl (C=O) groups is 1. The van der Waals surface area contributed by atoms with E-state index in [1.807, 2.05) is 42.5 Å². The van der Waals surface area contributed by atoms with E-state index >= 15 is 0 Å². The number of aromatic carboxylic acids is 1. The Morgan fingerprint density at radius 1 is 1.04 bits per heavy atom. The zero-order valence-corrected chi connectivity index (χ0v) is 15.2. The zero-order chi connectivity index (χ0) is 18.8. The molecule has 0 aliphatic carbocycles. The van der Waals surface area contributed by atoms with E-state index in [0.29, 0.717) is 35.6 Å². The van der Waals surface area contributed by atoms with E-state index in [1.165, 1.54) is 0 Å². The first-order chi connectivity index (χ1) is 13.1. The van der Waals surface area contributed by atoms with E-state index < -0.39 is 5.97 Å². The number of carboxylic acids is 1. The van der Waals surface area contributed by atoms with Crippen molar-refractivity contribution < 1.29 is 19.1 Å². The molecule has 1 aromatic heterocycles. The highest BCUT2D eigenvalue weighted by molar-refractivity contribution is 6.31. The molecule has 4 aromatic rings. The second-order valence-corrected chi connectivity index (χ2v) is 6.72. The first-order valence-corrected chi connectivity index (χ1v) is 9.06. The Bertz CT molecular complexity index is 1120. The predicted molar refractivity (Wildman–Crippen MR) is 106 cm³/mol. The van der Waals surface area contributed by atoms with Gasteiger partial charge in [0, 0.05) is 21.4 Å². The van der Waals surface area contributed by atoms with Gasteiger partial charge < -0.3 is 14.3 Å². The molecule has 1 heterocycles. The standard InChI is InChI=1S/C22H17ClO4/c23-15-10-11-20-18(13-15)17(21(27-20)22(24)25)8-4-12-26-19-9-3-6-14-5-1-2-7-16(14)19/h1-3,5-7,9-11,13H,4,8,12H2,(H,24,25). The molecule has 3 aromatic carbocycles. The molecule has 0 atom stereocenters. The molecule has 0 saturated heterocycles. The minimum absolute atomic E-state index is 0.0302. The molecule has 27 heavy (non-hydrogen) atoms. The summed E-state index contributed by atoms with van der Waals surface area (Å²) in [5.74, 6) is -0.281. The maximum Gasteiger partial charge on any atom is 0.372 e. The van der Waals surface area contributed by atoms with E-state index in [9.17, 15) is 9.90 Å². The van der Waals surface area contributed by atoms with Crippen molar-refractivity contribution in [1.82, 2.24) is 0 Å². The van der Waals surface area contributed by atoms with Crippen LogP contribution < -0.4 is 4.74 Å². The molecule has 4 rings (SSSR count). The fourth-order valence-corrected chi connectivity index (χ4v) is 3.47. The van der Waals surface area contributed by atoms with Gasteiger partial charge in [-0.25, -0.2) is 4.79 Å². The molecule has 5 heteroatoms. The van der Waals surface area contributed by atoms with E-state index in [-0.39, 0.29) is 5.76 Å². The number of rotatable bonds is 6. The minimum Gasteiger partial charge on any atom is -0.493 e. The molecule has 0 unspecified atom stereocenters. The molecule has 0 saturated carbocycles. The monoisotopic (exact) mass is 380 g/mol. The molecule has 0 spiro atoms. The van der Waals surface area contributed by atoms with Crippen molar-refractivity contribution in [3.8, 4) is 5.75 Å². The lowest BCUT2D eigenvalue weighted by molar-refractivity contribution is 0.0663. The number of hydrogen-bond acceptors (Lipinski definition) is 3. The molecule has 136 valence electrons. The van der Waals surface area contributed by atoms with Gasteiger partial charge in [0.05, 0.1) is 6.61 Å². The van der Waals surface area contributed by atoms with Crippen molar-refractivity contribution in [3.63, 3.8) is 0 Å². The van der Waals surface area contributed by atoms with Crippen molar-refractivity contribution in [2.45, 2.75) is 12.8 Å². The number of fused-ring (bicyclic) bond motifs is 2. The van der Waals surface area contributed by atoms with Crippen LogP contribution in [0.25, 0.3) is 21.7 Å². The summed E-state index contributed by atoms with van der Waals surface area (Å²) < 4.78 is 11.4. The molecule has 0 bridgehead atoms. The highest BCUT2D eigenvalue weighted by atomic mass is 35.5. The summed E-state index contributed by atoms with van der Waals surface area (Å²) in [4.78, 5) is 11.5. The zero-order valence-electron chi connectivity index (χ0n) is 14.4. The van der Waals surface area contributed by atoms with Gasteiger partial charge in [0.2, 0.25) is 5.76 Å². The van der Waals surface area contributed by atoms with Crippen molar-refractivity contribution in [2.24, 2.45) is 0 Å². The molecule has 4 nitrogen and oxygen atoms in total. The second kappa shape index (κ2) is 7.33. The fraction of sp³-hybridized carbons (Fsp3) is 0.136. The summed E-state index contributed by atoms with van der Waals surface area (Å²) in [7, 11) is 0. The molecule has 1 N–H and O–H groups in total. The molecule has 0 aliphatic rings. The Hall–Kier alpha value is -2.98. The number of aryl methyl sites for hydroxylation is 1. The van der Waals surface area contributed by atoms with Crippen LogP contribution in [-0.4, -0.2) is 17.7 Å². The van der Waals surface area contributed by atoms with Gasteiger partial charge in [-0.05, 0) is 42.5 Å². The van der Waals surface area contributed by atoms with Crippen LogP contribution in [-0.2, 0) is 6.42 Å². The fourth-order valence-electron chi connectivity index (χ4n) is 3.29. The third-order valence-corrected chi connectivity index (χ3v) is 4.76. The van der Waals surface area contributed by atoms with Gasteiger partial charge in [0.25, 0.3) is 0 Å². The van der Waals surface area contributed by atoms with Crippen LogP contribution in [0, 0.1) is 0 Å². The lowest BCUT2D eigenvalue weighted by atomic mass is 10.1. The van der Waals surface area contributed by atoms with Crippen LogP contribution in [0.2, 0.25) is 5.02 Å². The molecule has 0 amide bonds. The number of halogens is 1. The van der Waals surface area contributed by atoms with Gasteiger partial charge in [-0.2, -0.15) is 0 Å². The molecular weight excluding hydrogens is 364 g/mol. The van der Waals surface area contributed by atoms with Crippen LogP contribution >= 0.6 is 11.6 Å². The minimum atomic E-state index is -1.08. The Labute approximate surface area is 160 Å². The van der Waals surface area contributed by atoms with Gasteiger partial charge in [-0.1, -0.05) is 48.0 Å². The maximum absolute atomic E-state index is 11.5. The van der Waals surface area contributed by atoms with E-state index in [0.717, 1.165) is 21.9 Å². The van der Waals surface area contributed by atoms with Crippen molar-refractivity contribution in [3.05, 3.63) is 77.0 Å². The smallest absolute Gasteiger partial charge is 0.372 e.